The average molecular weight is 450 g/mol. The van der Waals surface area contributed by atoms with Crippen molar-refractivity contribution < 1.29 is 27.6 Å². The second-order valence-electron chi connectivity index (χ2n) is 6.87. The minimum atomic E-state index is -4.12. The summed E-state index contributed by atoms with van der Waals surface area (Å²) >= 11 is 1.40. The zero-order valence-electron chi connectivity index (χ0n) is 15.8. The lowest BCUT2D eigenvalue weighted by Crippen LogP contribution is -2.54. The topological polar surface area (TPSA) is 147 Å². The number of amides is 1. The summed E-state index contributed by atoms with van der Waals surface area (Å²) in [6, 6.07) is 7.09. The number of carboxylic acids is 1. The summed E-state index contributed by atoms with van der Waals surface area (Å²) in [5.74, 6) is -0.882. The Labute approximate surface area is 176 Å². The van der Waals surface area contributed by atoms with Crippen LogP contribution in [0.5, 0.6) is 0 Å². The molecule has 1 aromatic carbocycles. The summed E-state index contributed by atoms with van der Waals surface area (Å²) in [6.45, 7) is 1.33. The molecule has 2 aliphatic heterocycles. The van der Waals surface area contributed by atoms with Crippen molar-refractivity contribution in [3.05, 3.63) is 47.4 Å². The van der Waals surface area contributed by atoms with Crippen LogP contribution in [0.25, 0.3) is 0 Å². The number of hydrogen-bond donors (Lipinski definition) is 2. The van der Waals surface area contributed by atoms with Gasteiger partial charge >= 0.3 is 5.97 Å². The van der Waals surface area contributed by atoms with Crippen LogP contribution in [0.3, 0.4) is 0 Å². The number of benzene rings is 1. The molecule has 1 aromatic heterocycles. The Morgan fingerprint density at radius 2 is 2.10 bits per heavy atom. The fourth-order valence-corrected chi connectivity index (χ4v) is 5.95. The first-order chi connectivity index (χ1) is 14.2. The molecule has 4 rings (SSSR count). The lowest BCUT2D eigenvalue weighted by molar-refractivity contribution is -0.146. The van der Waals surface area contributed by atoms with E-state index in [4.69, 9.17) is 10.3 Å². The Morgan fingerprint density at radius 1 is 1.40 bits per heavy atom. The molecule has 0 spiro atoms. The van der Waals surface area contributed by atoms with Gasteiger partial charge in [0.2, 0.25) is 5.91 Å². The molecule has 0 bridgehead atoms. The summed E-state index contributed by atoms with van der Waals surface area (Å²) in [5, 5.41) is 13.3. The van der Waals surface area contributed by atoms with Crippen molar-refractivity contribution in [2.75, 3.05) is 22.3 Å². The van der Waals surface area contributed by atoms with E-state index in [0.29, 0.717) is 17.0 Å². The van der Waals surface area contributed by atoms with Gasteiger partial charge in [0.15, 0.2) is 5.82 Å². The number of aromatic nitrogens is 1. The SMILES string of the molecule is Cc1cc(N(CC2=C(C(=O)O)N3C(=O)C[C@@H]3SC2)S(=O)(=O)c2ccc(N)cc2)no1. The van der Waals surface area contributed by atoms with Gasteiger partial charge in [-0.3, -0.25) is 9.69 Å². The molecular weight excluding hydrogens is 432 g/mol. The summed E-state index contributed by atoms with van der Waals surface area (Å²) in [4.78, 5) is 25.1. The van der Waals surface area contributed by atoms with E-state index in [0.717, 1.165) is 4.31 Å². The fourth-order valence-electron chi connectivity index (χ4n) is 3.30. The van der Waals surface area contributed by atoms with Gasteiger partial charge in [-0.1, -0.05) is 5.16 Å². The van der Waals surface area contributed by atoms with Crippen LogP contribution >= 0.6 is 11.8 Å². The predicted molar refractivity (Wildman–Crippen MR) is 109 cm³/mol. The first kappa shape index (κ1) is 20.3. The first-order valence-corrected chi connectivity index (χ1v) is 11.4. The minimum absolute atomic E-state index is 0.0172. The Balaban J connectivity index is 1.79. The summed E-state index contributed by atoms with van der Waals surface area (Å²) in [7, 11) is -4.12. The molecular formula is C18H18N4O6S2. The third-order valence-corrected chi connectivity index (χ3v) is 7.85. The number of β-lactam (4-membered cyclic amide) rings is 1. The van der Waals surface area contributed by atoms with E-state index >= 15 is 0 Å². The van der Waals surface area contributed by atoms with Crippen LogP contribution in [0, 0.1) is 6.92 Å². The van der Waals surface area contributed by atoms with E-state index in [1.165, 1.54) is 47.0 Å². The molecule has 12 heteroatoms. The smallest absolute Gasteiger partial charge is 0.352 e. The number of nitrogens with two attached hydrogens (primary N) is 1. The van der Waals surface area contributed by atoms with Crippen molar-refractivity contribution in [2.24, 2.45) is 0 Å². The van der Waals surface area contributed by atoms with Crippen LogP contribution in [-0.2, 0) is 19.6 Å². The number of rotatable bonds is 6. The van der Waals surface area contributed by atoms with Gasteiger partial charge in [0.05, 0.1) is 23.2 Å². The number of carbonyl (C=O) groups is 2. The van der Waals surface area contributed by atoms with E-state index in [2.05, 4.69) is 5.16 Å². The molecule has 158 valence electrons. The molecule has 0 aliphatic carbocycles. The molecule has 1 fully saturated rings. The molecule has 2 aromatic rings. The Hall–Kier alpha value is -2.99. The Kier molecular flexibility index (Phi) is 4.98. The van der Waals surface area contributed by atoms with Gasteiger partial charge in [-0.2, -0.15) is 0 Å². The van der Waals surface area contributed by atoms with Gasteiger partial charge in [0.25, 0.3) is 10.0 Å². The number of hydrogen-bond acceptors (Lipinski definition) is 8. The second-order valence-corrected chi connectivity index (χ2v) is 9.90. The quantitative estimate of drug-likeness (QED) is 0.492. The first-order valence-electron chi connectivity index (χ1n) is 8.89. The van der Waals surface area contributed by atoms with Crippen LogP contribution in [0.15, 0.2) is 51.0 Å². The third kappa shape index (κ3) is 3.41. The van der Waals surface area contributed by atoms with E-state index < -0.39 is 16.0 Å². The van der Waals surface area contributed by atoms with Gasteiger partial charge in [-0.15, -0.1) is 11.8 Å². The third-order valence-electron chi connectivity index (χ3n) is 4.81. The molecule has 0 unspecified atom stereocenters. The number of carbonyl (C=O) groups excluding carboxylic acids is 1. The summed E-state index contributed by atoms with van der Waals surface area (Å²) in [6.07, 6.45) is 0.269. The number of aryl methyl sites for hydroxylation is 1. The monoisotopic (exact) mass is 450 g/mol. The minimum Gasteiger partial charge on any atom is -0.477 e. The molecule has 0 saturated carbocycles. The second kappa shape index (κ2) is 7.36. The van der Waals surface area contributed by atoms with Gasteiger partial charge in [0, 0.05) is 17.5 Å². The van der Waals surface area contributed by atoms with Crippen LogP contribution in [0.2, 0.25) is 0 Å². The van der Waals surface area contributed by atoms with Crippen LogP contribution in [0.4, 0.5) is 11.5 Å². The maximum Gasteiger partial charge on any atom is 0.352 e. The van der Waals surface area contributed by atoms with Crippen molar-refractivity contribution in [3.63, 3.8) is 0 Å². The van der Waals surface area contributed by atoms with Crippen molar-refractivity contribution >= 4 is 45.2 Å². The highest BCUT2D eigenvalue weighted by Gasteiger charge is 2.46. The molecule has 1 saturated heterocycles. The van der Waals surface area contributed by atoms with Crippen molar-refractivity contribution in [1.29, 1.82) is 0 Å². The maximum absolute atomic E-state index is 13.4. The molecule has 1 atom stereocenters. The number of fused-ring (bicyclic) bond motifs is 1. The van der Waals surface area contributed by atoms with E-state index in [1.807, 2.05) is 0 Å². The van der Waals surface area contributed by atoms with Crippen molar-refractivity contribution in [3.8, 4) is 0 Å². The molecule has 2 aliphatic rings. The molecule has 3 N–H and O–H groups in total. The zero-order chi connectivity index (χ0) is 21.6. The highest BCUT2D eigenvalue weighted by molar-refractivity contribution is 8.00. The lowest BCUT2D eigenvalue weighted by atomic mass is 10.1. The number of sulfonamides is 1. The predicted octanol–water partition coefficient (Wildman–Crippen LogP) is 1.40. The van der Waals surface area contributed by atoms with Crippen LogP contribution in [-0.4, -0.2) is 53.1 Å². The highest BCUT2D eigenvalue weighted by atomic mass is 32.2. The normalized spacial score (nSPS) is 18.8. The van der Waals surface area contributed by atoms with E-state index in [1.54, 1.807) is 6.92 Å². The Bertz CT molecular complexity index is 1160. The van der Waals surface area contributed by atoms with Crippen molar-refractivity contribution in [2.45, 2.75) is 23.6 Å². The fraction of sp³-hybridized carbons (Fsp3) is 0.278. The van der Waals surface area contributed by atoms with Gasteiger partial charge in [-0.05, 0) is 36.8 Å². The highest BCUT2D eigenvalue weighted by Crippen LogP contribution is 2.40. The number of thioether (sulfide) groups is 1. The number of carboxylic acid groups (broad SMARTS) is 1. The zero-order valence-corrected chi connectivity index (χ0v) is 17.4. The average Bonchev–Trinajstić information content (AvgIpc) is 3.11. The van der Waals surface area contributed by atoms with Crippen LogP contribution in [0.1, 0.15) is 12.2 Å². The molecule has 10 nitrogen and oxygen atoms in total. The van der Waals surface area contributed by atoms with Gasteiger partial charge in [-0.25, -0.2) is 17.5 Å². The van der Waals surface area contributed by atoms with Gasteiger partial charge in [0.1, 0.15) is 11.5 Å². The number of anilines is 2. The standard InChI is InChI=1S/C18H18N4O6S2/c1-10-6-14(20-28-10)21(30(26,27)13-4-2-12(19)3-5-13)8-11-9-29-16-7-15(23)22(16)17(11)18(24)25/h2-6,16H,7-9,19H2,1H3,(H,24,25)/t16-/m0/s1. The van der Waals surface area contributed by atoms with E-state index in [-0.39, 0.29) is 46.4 Å². The van der Waals surface area contributed by atoms with Gasteiger partial charge < -0.3 is 15.4 Å². The number of nitrogens with zero attached hydrogens (tertiary/aromatic N) is 3. The Morgan fingerprint density at radius 3 is 2.67 bits per heavy atom. The maximum atomic E-state index is 13.4. The molecule has 0 radical (unpaired) electrons. The van der Waals surface area contributed by atoms with Crippen molar-refractivity contribution in [1.82, 2.24) is 10.1 Å². The molecule has 1 amide bonds. The number of aliphatic carboxylic acids is 1. The summed E-state index contributed by atoms with van der Waals surface area (Å²) < 4.78 is 32.8. The van der Waals surface area contributed by atoms with Crippen LogP contribution < -0.4 is 10.0 Å². The largest absolute Gasteiger partial charge is 0.477 e. The lowest BCUT2D eigenvalue weighted by Gasteiger charge is -2.44. The summed E-state index contributed by atoms with van der Waals surface area (Å²) in [5.41, 5.74) is 6.19. The molecule has 3 heterocycles. The van der Waals surface area contributed by atoms with E-state index in [9.17, 15) is 23.1 Å². The molecule has 30 heavy (non-hydrogen) atoms. The number of nitrogen functional groups attached to an aromatic ring is 1.